The van der Waals surface area contributed by atoms with Crippen molar-refractivity contribution in [2.45, 2.75) is 12.8 Å². The van der Waals surface area contributed by atoms with Gasteiger partial charge in [0.1, 0.15) is 5.82 Å². The minimum atomic E-state index is -0.275. The summed E-state index contributed by atoms with van der Waals surface area (Å²) >= 11 is 5.50. The van der Waals surface area contributed by atoms with E-state index in [-0.39, 0.29) is 5.82 Å². The monoisotopic (exact) mass is 223 g/mol. The van der Waals surface area contributed by atoms with E-state index < -0.39 is 0 Å². The van der Waals surface area contributed by atoms with E-state index in [1.54, 1.807) is 18.2 Å². The van der Waals surface area contributed by atoms with Crippen LogP contribution in [0.25, 0.3) is 6.08 Å². The van der Waals surface area contributed by atoms with Gasteiger partial charge in [0.05, 0.1) is 12.5 Å². The van der Waals surface area contributed by atoms with Crippen molar-refractivity contribution in [1.82, 2.24) is 0 Å². The van der Waals surface area contributed by atoms with Gasteiger partial charge in [-0.15, -0.1) is 11.6 Å². The van der Waals surface area contributed by atoms with Crippen LogP contribution in [0.4, 0.5) is 4.39 Å². The number of rotatable bonds is 4. The van der Waals surface area contributed by atoms with Crippen LogP contribution in [0.15, 0.2) is 24.3 Å². The van der Waals surface area contributed by atoms with E-state index in [0.717, 1.165) is 5.56 Å². The fourth-order valence-corrected chi connectivity index (χ4v) is 1.32. The molecular formula is C12H11ClFN. The average molecular weight is 224 g/mol. The van der Waals surface area contributed by atoms with Gasteiger partial charge in [-0.1, -0.05) is 18.2 Å². The van der Waals surface area contributed by atoms with Crippen LogP contribution in [-0.4, -0.2) is 5.88 Å². The molecular weight excluding hydrogens is 213 g/mol. The summed E-state index contributed by atoms with van der Waals surface area (Å²) in [6.07, 6.45) is 4.53. The van der Waals surface area contributed by atoms with E-state index in [1.807, 2.05) is 12.1 Å². The molecule has 15 heavy (non-hydrogen) atoms. The predicted octanol–water partition coefficient (Wildman–Crippen LogP) is 3.53. The third kappa shape index (κ3) is 3.73. The zero-order chi connectivity index (χ0) is 11.1. The lowest BCUT2D eigenvalue weighted by atomic mass is 10.1. The van der Waals surface area contributed by atoms with Crippen molar-refractivity contribution in [1.29, 1.82) is 5.26 Å². The van der Waals surface area contributed by atoms with Crippen LogP contribution in [0.5, 0.6) is 0 Å². The van der Waals surface area contributed by atoms with Crippen molar-refractivity contribution in [2.24, 2.45) is 0 Å². The molecule has 1 nitrogen and oxygen atoms in total. The zero-order valence-corrected chi connectivity index (χ0v) is 8.97. The topological polar surface area (TPSA) is 23.8 Å². The maximum Gasteiger partial charge on any atom is 0.130 e. The van der Waals surface area contributed by atoms with Crippen LogP contribution >= 0.6 is 11.6 Å². The number of nitriles is 1. The van der Waals surface area contributed by atoms with Gasteiger partial charge in [0, 0.05) is 11.4 Å². The molecule has 0 aliphatic carbocycles. The summed E-state index contributed by atoms with van der Waals surface area (Å²) in [6, 6.07) is 6.72. The van der Waals surface area contributed by atoms with E-state index in [2.05, 4.69) is 0 Å². The number of halogens is 2. The summed E-state index contributed by atoms with van der Waals surface area (Å²) in [5.41, 5.74) is 1.33. The molecule has 0 spiro atoms. The van der Waals surface area contributed by atoms with Crippen molar-refractivity contribution >= 4 is 17.7 Å². The molecule has 0 radical (unpaired) electrons. The van der Waals surface area contributed by atoms with E-state index in [0.29, 0.717) is 24.3 Å². The molecule has 0 unspecified atom stereocenters. The Balaban J connectivity index is 2.86. The van der Waals surface area contributed by atoms with Gasteiger partial charge >= 0.3 is 0 Å². The highest BCUT2D eigenvalue weighted by Gasteiger charge is 1.99. The summed E-state index contributed by atoms with van der Waals surface area (Å²) < 4.78 is 13.3. The van der Waals surface area contributed by atoms with Crippen LogP contribution in [0.2, 0.25) is 0 Å². The largest absolute Gasteiger partial charge is 0.206 e. The zero-order valence-electron chi connectivity index (χ0n) is 8.21. The maximum atomic E-state index is 13.3. The third-order valence-corrected chi connectivity index (χ3v) is 2.13. The second-order valence-corrected chi connectivity index (χ2v) is 3.45. The molecule has 0 amide bonds. The quantitative estimate of drug-likeness (QED) is 0.717. The summed E-state index contributed by atoms with van der Waals surface area (Å²) in [7, 11) is 0. The molecule has 1 aromatic rings. The molecule has 0 aliphatic rings. The molecule has 0 bridgehead atoms. The summed E-state index contributed by atoms with van der Waals surface area (Å²) in [4.78, 5) is 0. The van der Waals surface area contributed by atoms with Crippen molar-refractivity contribution in [2.75, 3.05) is 5.88 Å². The highest BCUT2D eigenvalue weighted by atomic mass is 35.5. The highest BCUT2D eigenvalue weighted by Crippen LogP contribution is 2.13. The molecule has 78 valence electrons. The lowest BCUT2D eigenvalue weighted by Gasteiger charge is -1.99. The van der Waals surface area contributed by atoms with Crippen LogP contribution in [0, 0.1) is 17.1 Å². The SMILES string of the molecule is N#CCc1ccc(F)c(C=CCCCl)c1. The first-order valence-corrected chi connectivity index (χ1v) is 5.19. The van der Waals surface area contributed by atoms with Crippen molar-refractivity contribution in [3.8, 4) is 6.07 Å². The summed E-state index contributed by atoms with van der Waals surface area (Å²) in [6.45, 7) is 0. The number of hydrogen-bond donors (Lipinski definition) is 0. The number of hydrogen-bond acceptors (Lipinski definition) is 1. The molecule has 3 heteroatoms. The molecule has 1 rings (SSSR count). The molecule has 0 saturated carbocycles. The molecule has 0 aromatic heterocycles. The molecule has 0 saturated heterocycles. The molecule has 0 fully saturated rings. The fourth-order valence-electron chi connectivity index (χ4n) is 1.20. The van der Waals surface area contributed by atoms with E-state index in [9.17, 15) is 4.39 Å². The van der Waals surface area contributed by atoms with Gasteiger partial charge in [-0.05, 0) is 24.1 Å². The highest BCUT2D eigenvalue weighted by molar-refractivity contribution is 6.17. The van der Waals surface area contributed by atoms with Gasteiger partial charge in [-0.3, -0.25) is 0 Å². The number of benzene rings is 1. The molecule has 0 aliphatic heterocycles. The smallest absolute Gasteiger partial charge is 0.130 e. The van der Waals surface area contributed by atoms with Crippen molar-refractivity contribution < 1.29 is 4.39 Å². The van der Waals surface area contributed by atoms with Crippen molar-refractivity contribution in [3.05, 3.63) is 41.2 Å². The molecule has 0 N–H and O–H groups in total. The first kappa shape index (κ1) is 11.7. The Morgan fingerprint density at radius 2 is 2.27 bits per heavy atom. The number of nitrogens with zero attached hydrogens (tertiary/aromatic N) is 1. The van der Waals surface area contributed by atoms with Gasteiger partial charge in [0.2, 0.25) is 0 Å². The van der Waals surface area contributed by atoms with Crippen LogP contribution in [-0.2, 0) is 6.42 Å². The second-order valence-electron chi connectivity index (χ2n) is 3.07. The maximum absolute atomic E-state index is 13.3. The fraction of sp³-hybridized carbons (Fsp3) is 0.250. The standard InChI is InChI=1S/C12H11ClFN/c13-7-2-1-3-11-9-10(6-8-15)4-5-12(11)14/h1,3-5,9H,2,6-7H2. The van der Waals surface area contributed by atoms with E-state index >= 15 is 0 Å². The van der Waals surface area contributed by atoms with Gasteiger partial charge in [0.25, 0.3) is 0 Å². The van der Waals surface area contributed by atoms with Gasteiger partial charge in [-0.25, -0.2) is 4.39 Å². The van der Waals surface area contributed by atoms with Crippen molar-refractivity contribution in [3.63, 3.8) is 0 Å². The summed E-state index contributed by atoms with van der Waals surface area (Å²) in [5.74, 6) is 0.248. The predicted molar refractivity (Wildman–Crippen MR) is 60.1 cm³/mol. The first-order valence-electron chi connectivity index (χ1n) is 4.66. The van der Waals surface area contributed by atoms with E-state index in [4.69, 9.17) is 16.9 Å². The second kappa shape index (κ2) is 6.21. The van der Waals surface area contributed by atoms with E-state index in [1.165, 1.54) is 6.07 Å². The lowest BCUT2D eigenvalue weighted by molar-refractivity contribution is 0.624. The third-order valence-electron chi connectivity index (χ3n) is 1.92. The van der Waals surface area contributed by atoms with Gasteiger partial charge in [-0.2, -0.15) is 5.26 Å². The Kier molecular flexibility index (Phi) is 4.86. The van der Waals surface area contributed by atoms with Crippen LogP contribution in [0.3, 0.4) is 0 Å². The van der Waals surface area contributed by atoms with Crippen LogP contribution in [0.1, 0.15) is 17.5 Å². The molecule has 0 atom stereocenters. The Labute approximate surface area is 93.8 Å². The number of allylic oxidation sites excluding steroid dienone is 1. The lowest BCUT2D eigenvalue weighted by Crippen LogP contribution is -1.87. The van der Waals surface area contributed by atoms with Gasteiger partial charge in [0.15, 0.2) is 0 Å². The molecule has 0 heterocycles. The van der Waals surface area contributed by atoms with Crippen LogP contribution < -0.4 is 0 Å². The molecule has 1 aromatic carbocycles. The summed E-state index contributed by atoms with van der Waals surface area (Å²) in [5, 5.41) is 8.51. The Hall–Kier alpha value is -1.33. The Morgan fingerprint density at radius 3 is 2.93 bits per heavy atom. The first-order chi connectivity index (χ1) is 7.27. The Morgan fingerprint density at radius 1 is 1.47 bits per heavy atom. The van der Waals surface area contributed by atoms with Gasteiger partial charge < -0.3 is 0 Å². The number of alkyl halides is 1. The Bertz CT molecular complexity index is 393. The minimum absolute atomic E-state index is 0.275. The minimum Gasteiger partial charge on any atom is -0.206 e. The normalized spacial score (nSPS) is 10.5. The average Bonchev–Trinajstić information content (AvgIpc) is 2.23.